The number of thiazole rings is 1. The molecule has 19 heavy (non-hydrogen) atoms. The van der Waals surface area contributed by atoms with Crippen molar-refractivity contribution in [3.8, 4) is 0 Å². The summed E-state index contributed by atoms with van der Waals surface area (Å²) in [5, 5.41) is 4.79. The number of hydrogen-bond donors (Lipinski definition) is 1. The molecule has 2 unspecified atom stereocenters. The molecule has 0 radical (unpaired) electrons. The van der Waals surface area contributed by atoms with Gasteiger partial charge in [0.1, 0.15) is 0 Å². The zero-order valence-electron chi connectivity index (χ0n) is 11.8. The quantitative estimate of drug-likeness (QED) is 0.919. The Morgan fingerprint density at radius 3 is 3.11 bits per heavy atom. The van der Waals surface area contributed by atoms with Crippen LogP contribution in [-0.2, 0) is 11.2 Å². The SMILES string of the molecule is CCNC1CCCc2nc(N3CCC(OC)C3)sc21. The highest BCUT2D eigenvalue weighted by atomic mass is 32.1. The fourth-order valence-corrected chi connectivity index (χ4v) is 4.33. The molecule has 4 nitrogen and oxygen atoms in total. The van der Waals surface area contributed by atoms with Crippen molar-refractivity contribution in [2.24, 2.45) is 0 Å². The Labute approximate surface area is 119 Å². The van der Waals surface area contributed by atoms with E-state index in [0.717, 1.165) is 32.5 Å². The summed E-state index contributed by atoms with van der Waals surface area (Å²) < 4.78 is 5.45. The summed E-state index contributed by atoms with van der Waals surface area (Å²) in [6.45, 7) is 5.29. The first-order valence-electron chi connectivity index (χ1n) is 7.32. The van der Waals surface area contributed by atoms with Gasteiger partial charge in [-0.2, -0.15) is 0 Å². The second kappa shape index (κ2) is 5.77. The van der Waals surface area contributed by atoms with Gasteiger partial charge in [-0.05, 0) is 32.2 Å². The number of rotatable bonds is 4. The van der Waals surface area contributed by atoms with E-state index in [4.69, 9.17) is 9.72 Å². The van der Waals surface area contributed by atoms with Crippen LogP contribution < -0.4 is 10.2 Å². The van der Waals surface area contributed by atoms with Crippen molar-refractivity contribution in [3.63, 3.8) is 0 Å². The van der Waals surface area contributed by atoms with Gasteiger partial charge in [0.15, 0.2) is 5.13 Å². The zero-order chi connectivity index (χ0) is 13.2. The van der Waals surface area contributed by atoms with Gasteiger partial charge in [-0.15, -0.1) is 0 Å². The normalized spacial score (nSPS) is 26.7. The van der Waals surface area contributed by atoms with Crippen LogP contribution >= 0.6 is 11.3 Å². The molecule has 2 heterocycles. The van der Waals surface area contributed by atoms with Crippen LogP contribution in [0.15, 0.2) is 0 Å². The van der Waals surface area contributed by atoms with Gasteiger partial charge in [-0.3, -0.25) is 0 Å². The topological polar surface area (TPSA) is 37.4 Å². The van der Waals surface area contributed by atoms with Gasteiger partial charge in [-0.1, -0.05) is 18.3 Å². The molecule has 0 bridgehead atoms. The summed E-state index contributed by atoms with van der Waals surface area (Å²) >= 11 is 1.89. The first kappa shape index (κ1) is 13.3. The fourth-order valence-electron chi connectivity index (χ4n) is 3.08. The summed E-state index contributed by atoms with van der Waals surface area (Å²) in [6.07, 6.45) is 5.16. The van der Waals surface area contributed by atoms with E-state index in [9.17, 15) is 0 Å². The lowest BCUT2D eigenvalue weighted by atomic mass is 9.98. The molecule has 0 spiro atoms. The molecule has 1 fully saturated rings. The number of ether oxygens (including phenoxy) is 1. The molecule has 1 aliphatic heterocycles. The van der Waals surface area contributed by atoms with Crippen LogP contribution in [0.3, 0.4) is 0 Å². The number of nitrogens with one attached hydrogen (secondary N) is 1. The molecular formula is C14H23N3OS. The molecule has 0 amide bonds. The molecule has 2 aliphatic rings. The minimum atomic E-state index is 0.380. The van der Waals surface area contributed by atoms with E-state index in [-0.39, 0.29) is 0 Å². The first-order chi connectivity index (χ1) is 9.31. The maximum Gasteiger partial charge on any atom is 0.185 e. The van der Waals surface area contributed by atoms with Crippen LogP contribution in [0.2, 0.25) is 0 Å². The average Bonchev–Trinajstić information content (AvgIpc) is 3.05. The lowest BCUT2D eigenvalue weighted by Crippen LogP contribution is -2.23. The van der Waals surface area contributed by atoms with Crippen molar-refractivity contribution in [1.82, 2.24) is 10.3 Å². The highest BCUT2D eigenvalue weighted by molar-refractivity contribution is 7.15. The summed E-state index contributed by atoms with van der Waals surface area (Å²) in [5.41, 5.74) is 1.33. The number of hydrogen-bond acceptors (Lipinski definition) is 5. The standard InChI is InChI=1S/C14H23N3OS/c1-3-15-11-5-4-6-12-13(11)19-14(16-12)17-8-7-10(9-17)18-2/h10-11,15H,3-9H2,1-2H3. The second-order valence-electron chi connectivity index (χ2n) is 5.40. The Balaban J connectivity index is 1.78. The predicted octanol–water partition coefficient (Wildman–Crippen LogP) is 2.36. The van der Waals surface area contributed by atoms with Crippen LogP contribution in [-0.4, -0.2) is 37.8 Å². The zero-order valence-corrected chi connectivity index (χ0v) is 12.6. The predicted molar refractivity (Wildman–Crippen MR) is 79.1 cm³/mol. The molecular weight excluding hydrogens is 258 g/mol. The average molecular weight is 281 g/mol. The molecule has 1 aliphatic carbocycles. The lowest BCUT2D eigenvalue weighted by Gasteiger charge is -2.21. The van der Waals surface area contributed by atoms with E-state index in [1.165, 1.54) is 28.5 Å². The molecule has 1 aromatic rings. The smallest absolute Gasteiger partial charge is 0.185 e. The second-order valence-corrected chi connectivity index (χ2v) is 6.41. The number of methoxy groups -OCH3 is 1. The minimum Gasteiger partial charge on any atom is -0.380 e. The molecule has 3 rings (SSSR count). The van der Waals surface area contributed by atoms with Crippen LogP contribution in [0.5, 0.6) is 0 Å². The largest absolute Gasteiger partial charge is 0.380 e. The number of aryl methyl sites for hydroxylation is 1. The molecule has 0 saturated carbocycles. The van der Waals surface area contributed by atoms with Gasteiger partial charge in [0.05, 0.1) is 11.8 Å². The summed E-state index contributed by atoms with van der Waals surface area (Å²) in [5.74, 6) is 0. The maximum absolute atomic E-state index is 5.45. The van der Waals surface area contributed by atoms with Crippen LogP contribution in [0.1, 0.15) is 42.8 Å². The lowest BCUT2D eigenvalue weighted by molar-refractivity contribution is 0.121. The molecule has 106 valence electrons. The van der Waals surface area contributed by atoms with Gasteiger partial charge >= 0.3 is 0 Å². The summed E-state index contributed by atoms with van der Waals surface area (Å²) in [4.78, 5) is 8.75. The molecule has 5 heteroatoms. The van der Waals surface area contributed by atoms with Crippen LogP contribution in [0.25, 0.3) is 0 Å². The van der Waals surface area contributed by atoms with E-state index in [1.807, 2.05) is 18.4 Å². The minimum absolute atomic E-state index is 0.380. The Morgan fingerprint density at radius 1 is 1.47 bits per heavy atom. The van der Waals surface area contributed by atoms with Crippen molar-refractivity contribution in [2.45, 2.75) is 44.8 Å². The number of fused-ring (bicyclic) bond motifs is 1. The van der Waals surface area contributed by atoms with Gasteiger partial charge in [0.2, 0.25) is 0 Å². The highest BCUT2D eigenvalue weighted by Crippen LogP contribution is 2.38. The summed E-state index contributed by atoms with van der Waals surface area (Å²) in [7, 11) is 1.81. The molecule has 0 aromatic carbocycles. The third-order valence-electron chi connectivity index (χ3n) is 4.14. The summed E-state index contributed by atoms with van der Waals surface area (Å²) in [6, 6.07) is 0.529. The van der Waals surface area contributed by atoms with Crippen molar-refractivity contribution < 1.29 is 4.74 Å². The van der Waals surface area contributed by atoms with E-state index >= 15 is 0 Å². The molecule has 1 aromatic heterocycles. The van der Waals surface area contributed by atoms with Crippen molar-refractivity contribution in [1.29, 1.82) is 0 Å². The maximum atomic E-state index is 5.45. The Kier molecular flexibility index (Phi) is 4.05. The highest BCUT2D eigenvalue weighted by Gasteiger charge is 2.29. The van der Waals surface area contributed by atoms with E-state index in [2.05, 4.69) is 17.1 Å². The Morgan fingerprint density at radius 2 is 2.37 bits per heavy atom. The van der Waals surface area contributed by atoms with E-state index in [1.54, 1.807) is 0 Å². The monoisotopic (exact) mass is 281 g/mol. The van der Waals surface area contributed by atoms with Gasteiger partial charge in [0.25, 0.3) is 0 Å². The third kappa shape index (κ3) is 2.64. The van der Waals surface area contributed by atoms with E-state index in [0.29, 0.717) is 12.1 Å². The molecule has 2 atom stereocenters. The Bertz CT molecular complexity index is 434. The van der Waals surface area contributed by atoms with E-state index < -0.39 is 0 Å². The number of anilines is 1. The van der Waals surface area contributed by atoms with Gasteiger partial charge < -0.3 is 15.0 Å². The molecule has 1 N–H and O–H groups in total. The van der Waals surface area contributed by atoms with Crippen LogP contribution in [0.4, 0.5) is 5.13 Å². The van der Waals surface area contributed by atoms with Gasteiger partial charge in [0, 0.05) is 31.1 Å². The fraction of sp³-hybridized carbons (Fsp3) is 0.786. The number of aromatic nitrogens is 1. The van der Waals surface area contributed by atoms with Crippen molar-refractivity contribution in [2.75, 3.05) is 31.6 Å². The van der Waals surface area contributed by atoms with Gasteiger partial charge in [-0.25, -0.2) is 4.98 Å². The number of nitrogens with zero attached hydrogens (tertiary/aromatic N) is 2. The Hall–Kier alpha value is -0.650. The van der Waals surface area contributed by atoms with Crippen molar-refractivity contribution >= 4 is 16.5 Å². The van der Waals surface area contributed by atoms with Crippen LogP contribution in [0, 0.1) is 0 Å². The third-order valence-corrected chi connectivity index (χ3v) is 5.41. The van der Waals surface area contributed by atoms with Crippen molar-refractivity contribution in [3.05, 3.63) is 10.6 Å². The molecule has 1 saturated heterocycles. The first-order valence-corrected chi connectivity index (χ1v) is 8.14.